The average Bonchev–Trinajstić information content (AvgIpc) is 2.54. The molecule has 2 amide bonds. The van der Waals surface area contributed by atoms with Crippen molar-refractivity contribution in [3.63, 3.8) is 0 Å². The summed E-state index contributed by atoms with van der Waals surface area (Å²) in [7, 11) is 1.41. The molecule has 3 N–H and O–H groups in total. The van der Waals surface area contributed by atoms with Crippen LogP contribution in [-0.4, -0.2) is 25.5 Å². The molecule has 0 fully saturated rings. The first-order chi connectivity index (χ1) is 11.4. The smallest absolute Gasteiger partial charge is 0.255 e. The Kier molecular flexibility index (Phi) is 6.27. The molecule has 2 aromatic carbocycles. The zero-order valence-electron chi connectivity index (χ0n) is 12.6. The van der Waals surface area contributed by atoms with E-state index < -0.39 is 5.91 Å². The number of methoxy groups -OCH3 is 1. The van der Waals surface area contributed by atoms with Crippen LogP contribution < -0.4 is 20.5 Å². The number of halogens is 2. The van der Waals surface area contributed by atoms with Crippen LogP contribution in [0.15, 0.2) is 36.4 Å². The quantitative estimate of drug-likeness (QED) is 0.648. The lowest BCUT2D eigenvalue weighted by atomic mass is 10.1. The van der Waals surface area contributed by atoms with Crippen molar-refractivity contribution in [3.05, 3.63) is 50.6 Å². The van der Waals surface area contributed by atoms with Crippen LogP contribution in [0.3, 0.4) is 0 Å². The molecule has 0 aliphatic carbocycles. The topological polar surface area (TPSA) is 90.7 Å². The molecule has 6 nitrogen and oxygen atoms in total. The maximum Gasteiger partial charge on any atom is 0.255 e. The van der Waals surface area contributed by atoms with E-state index in [1.54, 1.807) is 12.1 Å². The number of anilines is 1. The summed E-state index contributed by atoms with van der Waals surface area (Å²) in [5.74, 6) is -0.605. The molecule has 0 radical (unpaired) electrons. The Labute approximate surface area is 157 Å². The number of hydrogen-bond donors (Lipinski definition) is 2. The first kappa shape index (κ1) is 18.3. The molecule has 0 unspecified atom stereocenters. The van der Waals surface area contributed by atoms with Crippen molar-refractivity contribution < 1.29 is 19.1 Å². The van der Waals surface area contributed by atoms with Gasteiger partial charge in [0.2, 0.25) is 0 Å². The van der Waals surface area contributed by atoms with Gasteiger partial charge in [-0.3, -0.25) is 9.59 Å². The number of hydrogen-bond acceptors (Lipinski definition) is 4. The summed E-state index contributed by atoms with van der Waals surface area (Å²) in [5.41, 5.74) is 5.99. The van der Waals surface area contributed by atoms with Gasteiger partial charge in [0.25, 0.3) is 11.8 Å². The molecule has 24 heavy (non-hydrogen) atoms. The van der Waals surface area contributed by atoms with E-state index >= 15 is 0 Å². The SMILES string of the molecule is COc1cc(C(=O)Nc2ccc(I)cc2)cc(Cl)c1OCC(N)=O. The Hall–Kier alpha value is -2.00. The van der Waals surface area contributed by atoms with Crippen LogP contribution in [0.25, 0.3) is 0 Å². The number of carbonyl (C=O) groups is 2. The Morgan fingerprint density at radius 2 is 1.92 bits per heavy atom. The van der Waals surface area contributed by atoms with Gasteiger partial charge < -0.3 is 20.5 Å². The number of benzene rings is 2. The molecule has 0 aromatic heterocycles. The highest BCUT2D eigenvalue weighted by molar-refractivity contribution is 14.1. The number of ether oxygens (including phenoxy) is 2. The highest BCUT2D eigenvalue weighted by atomic mass is 127. The lowest BCUT2D eigenvalue weighted by Gasteiger charge is -2.13. The number of primary amides is 1. The van der Waals surface area contributed by atoms with Gasteiger partial charge in [-0.25, -0.2) is 0 Å². The van der Waals surface area contributed by atoms with Crippen molar-refractivity contribution in [2.45, 2.75) is 0 Å². The molecule has 0 bridgehead atoms. The van der Waals surface area contributed by atoms with Gasteiger partial charge in [0, 0.05) is 14.8 Å². The van der Waals surface area contributed by atoms with Crippen molar-refractivity contribution in [2.24, 2.45) is 5.73 Å². The number of nitrogens with one attached hydrogen (secondary N) is 1. The molecule has 0 atom stereocenters. The molecule has 0 saturated heterocycles. The van der Waals surface area contributed by atoms with Gasteiger partial charge in [0.1, 0.15) is 0 Å². The Balaban J connectivity index is 2.23. The zero-order chi connectivity index (χ0) is 17.7. The van der Waals surface area contributed by atoms with Gasteiger partial charge in [-0.2, -0.15) is 0 Å². The van der Waals surface area contributed by atoms with Gasteiger partial charge in [-0.1, -0.05) is 11.6 Å². The number of rotatable bonds is 6. The van der Waals surface area contributed by atoms with Crippen molar-refractivity contribution in [1.29, 1.82) is 0 Å². The minimum atomic E-state index is -0.645. The first-order valence-corrected chi connectivity index (χ1v) is 8.22. The fraction of sp³-hybridized carbons (Fsp3) is 0.125. The Bertz CT molecular complexity index is 765. The van der Waals surface area contributed by atoms with Gasteiger partial charge in [-0.15, -0.1) is 0 Å². The van der Waals surface area contributed by atoms with E-state index in [1.807, 2.05) is 12.1 Å². The Morgan fingerprint density at radius 1 is 1.25 bits per heavy atom. The van der Waals surface area contributed by atoms with Gasteiger partial charge in [0.05, 0.1) is 12.1 Å². The van der Waals surface area contributed by atoms with Gasteiger partial charge >= 0.3 is 0 Å². The van der Waals surface area contributed by atoms with E-state index in [0.717, 1.165) is 3.57 Å². The monoisotopic (exact) mass is 460 g/mol. The minimum Gasteiger partial charge on any atom is -0.493 e. The van der Waals surface area contributed by atoms with Crippen molar-refractivity contribution in [2.75, 3.05) is 19.0 Å². The Morgan fingerprint density at radius 3 is 2.50 bits per heavy atom. The highest BCUT2D eigenvalue weighted by Crippen LogP contribution is 2.36. The third-order valence-electron chi connectivity index (χ3n) is 2.95. The van der Waals surface area contributed by atoms with Gasteiger partial charge in [0.15, 0.2) is 18.1 Å². The van der Waals surface area contributed by atoms with E-state index in [-0.39, 0.29) is 29.0 Å². The normalized spacial score (nSPS) is 10.1. The lowest BCUT2D eigenvalue weighted by Crippen LogP contribution is -2.20. The van der Waals surface area contributed by atoms with Crippen molar-refractivity contribution in [3.8, 4) is 11.5 Å². The lowest BCUT2D eigenvalue weighted by molar-refractivity contribution is -0.119. The number of nitrogens with two attached hydrogens (primary N) is 1. The molecule has 8 heteroatoms. The molecular formula is C16H14ClIN2O4. The molecule has 0 spiro atoms. The van der Waals surface area contributed by atoms with Crippen molar-refractivity contribution >= 4 is 51.7 Å². The maximum atomic E-state index is 12.4. The predicted molar refractivity (Wildman–Crippen MR) is 99.8 cm³/mol. The minimum absolute atomic E-state index is 0.142. The summed E-state index contributed by atoms with van der Waals surface area (Å²) >= 11 is 8.30. The predicted octanol–water partition coefficient (Wildman–Crippen LogP) is 3.07. The van der Waals surface area contributed by atoms with Crippen LogP contribution in [0.5, 0.6) is 11.5 Å². The second-order valence-electron chi connectivity index (χ2n) is 4.71. The van der Waals surface area contributed by atoms with Crippen molar-refractivity contribution in [1.82, 2.24) is 0 Å². The van der Waals surface area contributed by atoms with Crippen LogP contribution in [0, 0.1) is 3.57 Å². The zero-order valence-corrected chi connectivity index (χ0v) is 15.6. The molecule has 0 aliphatic rings. The summed E-state index contributed by atoms with van der Waals surface area (Å²) < 4.78 is 11.5. The summed E-state index contributed by atoms with van der Waals surface area (Å²) in [4.78, 5) is 23.2. The molecule has 0 aliphatic heterocycles. The molecule has 2 rings (SSSR count). The fourth-order valence-electron chi connectivity index (χ4n) is 1.87. The van der Waals surface area contributed by atoms with E-state index in [0.29, 0.717) is 11.3 Å². The number of carbonyl (C=O) groups excluding carboxylic acids is 2. The third kappa shape index (κ3) is 4.75. The largest absolute Gasteiger partial charge is 0.493 e. The van der Waals surface area contributed by atoms with Crippen LogP contribution in [0.2, 0.25) is 5.02 Å². The molecule has 2 aromatic rings. The standard InChI is InChI=1S/C16H14ClIN2O4/c1-23-13-7-9(6-12(17)15(13)24-8-14(19)21)16(22)20-11-4-2-10(18)3-5-11/h2-7H,8H2,1H3,(H2,19,21)(H,20,22). The third-order valence-corrected chi connectivity index (χ3v) is 3.95. The molecule has 0 heterocycles. The number of amides is 2. The first-order valence-electron chi connectivity index (χ1n) is 6.76. The van der Waals surface area contributed by atoms with Gasteiger partial charge in [-0.05, 0) is 59.0 Å². The molecule has 0 saturated carbocycles. The summed E-state index contributed by atoms with van der Waals surface area (Å²) in [6.07, 6.45) is 0. The van der Waals surface area contributed by atoms with E-state index in [1.165, 1.54) is 19.2 Å². The van der Waals surface area contributed by atoms with E-state index in [2.05, 4.69) is 27.9 Å². The summed E-state index contributed by atoms with van der Waals surface area (Å²) in [5, 5.41) is 2.90. The molecule has 126 valence electrons. The molecular weight excluding hydrogens is 447 g/mol. The van der Waals surface area contributed by atoms with Crippen LogP contribution in [0.1, 0.15) is 10.4 Å². The summed E-state index contributed by atoms with van der Waals surface area (Å²) in [6, 6.07) is 10.3. The van der Waals surface area contributed by atoms with Crippen LogP contribution in [0.4, 0.5) is 5.69 Å². The second kappa shape index (κ2) is 8.20. The van der Waals surface area contributed by atoms with E-state index in [4.69, 9.17) is 26.8 Å². The highest BCUT2D eigenvalue weighted by Gasteiger charge is 2.16. The summed E-state index contributed by atoms with van der Waals surface area (Å²) in [6.45, 7) is -0.343. The van der Waals surface area contributed by atoms with Crippen LogP contribution in [-0.2, 0) is 4.79 Å². The van der Waals surface area contributed by atoms with Crippen LogP contribution >= 0.6 is 34.2 Å². The maximum absolute atomic E-state index is 12.4. The second-order valence-corrected chi connectivity index (χ2v) is 6.36. The van der Waals surface area contributed by atoms with E-state index in [9.17, 15) is 9.59 Å². The average molecular weight is 461 g/mol. The fourth-order valence-corrected chi connectivity index (χ4v) is 2.50.